The number of nitrogen functional groups attached to an aromatic ring is 1. The fourth-order valence-electron chi connectivity index (χ4n) is 2.69. The van der Waals surface area contributed by atoms with E-state index < -0.39 is 0 Å². The number of halogens is 2. The minimum atomic E-state index is 0.392. The molecule has 0 saturated heterocycles. The molecule has 1 heterocycles. The molecule has 0 amide bonds. The third-order valence-corrected chi connectivity index (χ3v) is 5.04. The van der Waals surface area contributed by atoms with Gasteiger partial charge in [0.15, 0.2) is 0 Å². The number of anilines is 3. The van der Waals surface area contributed by atoms with Crippen LogP contribution in [0.5, 0.6) is 11.5 Å². The number of nitrogens with one attached hydrogen (secondary N) is 1. The molecule has 2 aromatic carbocycles. The number of methoxy groups -OCH3 is 2. The maximum Gasteiger partial charge on any atom is 0.227 e. The fraction of sp³-hybridized carbons (Fsp3) is 0.143. The lowest BCUT2D eigenvalue weighted by atomic mass is 10.1. The highest BCUT2D eigenvalue weighted by Crippen LogP contribution is 2.41. The minimum absolute atomic E-state index is 0.392. The van der Waals surface area contributed by atoms with Crippen LogP contribution < -0.4 is 20.5 Å². The average molecular weight is 431 g/mol. The zero-order chi connectivity index (χ0) is 21.0. The van der Waals surface area contributed by atoms with Crippen molar-refractivity contribution in [3.63, 3.8) is 0 Å². The van der Waals surface area contributed by atoms with Crippen LogP contribution in [0.2, 0.25) is 10.0 Å². The first-order chi connectivity index (χ1) is 13.9. The van der Waals surface area contributed by atoms with Gasteiger partial charge in [-0.05, 0) is 18.6 Å². The summed E-state index contributed by atoms with van der Waals surface area (Å²) in [5.41, 5.74) is 9.79. The van der Waals surface area contributed by atoms with Crippen LogP contribution in [-0.2, 0) is 0 Å². The van der Waals surface area contributed by atoms with Crippen LogP contribution in [0.25, 0.3) is 12.2 Å². The maximum atomic E-state index is 6.39. The third kappa shape index (κ3) is 4.55. The summed E-state index contributed by atoms with van der Waals surface area (Å²) in [4.78, 5) is 8.67. The molecule has 0 aliphatic carbocycles. The predicted molar refractivity (Wildman–Crippen MR) is 119 cm³/mol. The van der Waals surface area contributed by atoms with Crippen LogP contribution >= 0.6 is 23.2 Å². The van der Waals surface area contributed by atoms with Crippen molar-refractivity contribution in [1.29, 1.82) is 0 Å². The van der Waals surface area contributed by atoms with E-state index in [0.29, 0.717) is 38.7 Å². The smallest absolute Gasteiger partial charge is 0.227 e. The lowest BCUT2D eigenvalue weighted by Gasteiger charge is -2.12. The van der Waals surface area contributed by atoms with Crippen LogP contribution in [0.3, 0.4) is 0 Å². The first kappa shape index (κ1) is 20.8. The van der Waals surface area contributed by atoms with Crippen molar-refractivity contribution in [3.8, 4) is 11.5 Å². The minimum Gasteiger partial charge on any atom is -0.495 e. The lowest BCUT2D eigenvalue weighted by molar-refractivity contribution is 0.394. The Labute approximate surface area is 179 Å². The van der Waals surface area contributed by atoms with E-state index in [0.717, 1.165) is 16.8 Å². The first-order valence-electron chi connectivity index (χ1n) is 8.66. The summed E-state index contributed by atoms with van der Waals surface area (Å²) in [5, 5.41) is 3.93. The summed E-state index contributed by atoms with van der Waals surface area (Å²) < 4.78 is 10.6. The Bertz CT molecular complexity index is 1010. The lowest BCUT2D eigenvalue weighted by Crippen LogP contribution is -2.02. The number of nitrogens with two attached hydrogens (primary N) is 1. The Morgan fingerprint density at radius 2 is 1.62 bits per heavy atom. The van der Waals surface area contributed by atoms with Crippen LogP contribution in [-0.4, -0.2) is 24.2 Å². The highest BCUT2D eigenvalue weighted by molar-refractivity contribution is 6.39. The van der Waals surface area contributed by atoms with Crippen molar-refractivity contribution < 1.29 is 9.47 Å². The molecular formula is C21H20Cl2N4O2. The second kappa shape index (κ2) is 9.03. The van der Waals surface area contributed by atoms with Crippen molar-refractivity contribution >= 4 is 52.7 Å². The molecule has 0 saturated carbocycles. The standard InChI is InChI=1S/C21H20Cl2N4O2/c1-12-5-4-6-15(24)20(12)27-21-25-10-13(11-26-21)7-8-14-18(22)16(28-2)9-17(29-3)19(14)23/h4-11H,24H2,1-3H3,(H,25,26,27)/b8-7+. The van der Waals surface area contributed by atoms with Crippen LogP contribution in [0.15, 0.2) is 36.7 Å². The monoisotopic (exact) mass is 430 g/mol. The second-order valence-electron chi connectivity index (χ2n) is 6.16. The number of nitrogens with zero attached hydrogens (tertiary/aromatic N) is 2. The van der Waals surface area contributed by atoms with Gasteiger partial charge in [0.2, 0.25) is 5.95 Å². The number of ether oxygens (including phenoxy) is 2. The number of hydrogen-bond donors (Lipinski definition) is 2. The van der Waals surface area contributed by atoms with Crippen molar-refractivity contribution in [3.05, 3.63) is 63.4 Å². The molecule has 0 unspecified atom stereocenters. The van der Waals surface area contributed by atoms with E-state index in [4.69, 9.17) is 38.4 Å². The third-order valence-electron chi connectivity index (χ3n) is 4.26. The van der Waals surface area contributed by atoms with E-state index in [1.807, 2.05) is 25.1 Å². The summed E-state index contributed by atoms with van der Waals surface area (Å²) in [6, 6.07) is 7.32. The van der Waals surface area contributed by atoms with Gasteiger partial charge in [-0.15, -0.1) is 0 Å². The maximum absolute atomic E-state index is 6.39. The van der Waals surface area contributed by atoms with Gasteiger partial charge in [-0.3, -0.25) is 0 Å². The molecule has 29 heavy (non-hydrogen) atoms. The molecule has 0 aliphatic heterocycles. The van der Waals surface area contributed by atoms with Crippen LogP contribution in [0, 0.1) is 6.92 Å². The molecule has 0 aliphatic rings. The zero-order valence-electron chi connectivity index (χ0n) is 16.2. The summed E-state index contributed by atoms with van der Waals surface area (Å²) in [6.07, 6.45) is 6.93. The van der Waals surface area contributed by atoms with Gasteiger partial charge in [-0.25, -0.2) is 9.97 Å². The van der Waals surface area contributed by atoms with Gasteiger partial charge in [-0.1, -0.05) is 47.5 Å². The molecule has 150 valence electrons. The van der Waals surface area contributed by atoms with Crippen molar-refractivity contribution in [2.45, 2.75) is 6.92 Å². The average Bonchev–Trinajstić information content (AvgIpc) is 2.72. The molecular weight excluding hydrogens is 411 g/mol. The van der Waals surface area contributed by atoms with Gasteiger partial charge in [0, 0.05) is 29.6 Å². The summed E-state index contributed by atoms with van der Waals surface area (Å²) in [7, 11) is 3.06. The van der Waals surface area contributed by atoms with E-state index in [1.54, 1.807) is 30.6 Å². The Balaban J connectivity index is 1.84. The van der Waals surface area contributed by atoms with Gasteiger partial charge >= 0.3 is 0 Å². The van der Waals surface area contributed by atoms with Gasteiger partial charge in [0.1, 0.15) is 11.5 Å². The van der Waals surface area contributed by atoms with E-state index in [-0.39, 0.29) is 0 Å². The van der Waals surface area contributed by atoms with Crippen molar-refractivity contribution in [2.75, 3.05) is 25.3 Å². The number of benzene rings is 2. The van der Waals surface area contributed by atoms with Gasteiger partial charge in [0.05, 0.1) is 35.6 Å². The van der Waals surface area contributed by atoms with E-state index >= 15 is 0 Å². The molecule has 3 rings (SSSR count). The summed E-state index contributed by atoms with van der Waals surface area (Å²) in [6.45, 7) is 1.96. The normalized spacial score (nSPS) is 10.9. The van der Waals surface area contributed by atoms with Gasteiger partial charge in [-0.2, -0.15) is 0 Å². The molecule has 0 radical (unpaired) electrons. The molecule has 8 heteroatoms. The van der Waals surface area contributed by atoms with Crippen molar-refractivity contribution in [2.24, 2.45) is 0 Å². The molecule has 3 N–H and O–H groups in total. The molecule has 6 nitrogen and oxygen atoms in total. The molecule has 0 spiro atoms. The Hall–Kier alpha value is -2.96. The molecule has 3 aromatic rings. The Morgan fingerprint density at radius 1 is 1.00 bits per heavy atom. The first-order valence-corrected chi connectivity index (χ1v) is 9.42. The van der Waals surface area contributed by atoms with E-state index in [2.05, 4.69) is 15.3 Å². The zero-order valence-corrected chi connectivity index (χ0v) is 17.7. The second-order valence-corrected chi connectivity index (χ2v) is 6.92. The summed E-state index contributed by atoms with van der Waals surface area (Å²) >= 11 is 12.8. The van der Waals surface area contributed by atoms with Crippen LogP contribution in [0.4, 0.5) is 17.3 Å². The van der Waals surface area contributed by atoms with E-state index in [1.165, 1.54) is 14.2 Å². The number of aryl methyl sites for hydroxylation is 1. The topological polar surface area (TPSA) is 82.3 Å². The van der Waals surface area contributed by atoms with E-state index in [9.17, 15) is 0 Å². The predicted octanol–water partition coefficient (Wildman–Crippen LogP) is 5.61. The number of aromatic nitrogens is 2. The highest BCUT2D eigenvalue weighted by atomic mass is 35.5. The molecule has 0 atom stereocenters. The quantitative estimate of drug-likeness (QED) is 0.494. The fourth-order valence-corrected chi connectivity index (χ4v) is 3.32. The van der Waals surface area contributed by atoms with Gasteiger partial charge in [0.25, 0.3) is 0 Å². The number of rotatable bonds is 6. The number of para-hydroxylation sites is 1. The molecule has 0 bridgehead atoms. The van der Waals surface area contributed by atoms with Gasteiger partial charge < -0.3 is 20.5 Å². The van der Waals surface area contributed by atoms with Crippen LogP contribution in [0.1, 0.15) is 16.7 Å². The highest BCUT2D eigenvalue weighted by Gasteiger charge is 2.15. The SMILES string of the molecule is COc1cc(OC)c(Cl)c(/C=C/c2cnc(Nc3c(C)cccc3N)nc2)c1Cl. The Kier molecular flexibility index (Phi) is 6.46. The molecule has 0 fully saturated rings. The number of hydrogen-bond acceptors (Lipinski definition) is 6. The summed E-state index contributed by atoms with van der Waals surface area (Å²) in [5.74, 6) is 1.39. The Morgan fingerprint density at radius 3 is 2.17 bits per heavy atom. The molecule has 1 aromatic heterocycles. The largest absolute Gasteiger partial charge is 0.495 e. The van der Waals surface area contributed by atoms with Crippen molar-refractivity contribution in [1.82, 2.24) is 9.97 Å².